The third kappa shape index (κ3) is 6.74. The Kier molecular flexibility index (Phi) is 11.4. The van der Waals surface area contributed by atoms with Crippen molar-refractivity contribution in [2.45, 2.75) is 81.5 Å². The molecule has 0 N–H and O–H groups in total. The fourth-order valence-corrected chi connectivity index (χ4v) is 10.0. The van der Waals surface area contributed by atoms with E-state index in [0.717, 1.165) is 5.13 Å². The van der Waals surface area contributed by atoms with Crippen LogP contribution in [0.2, 0.25) is 0 Å². The van der Waals surface area contributed by atoms with Crippen LogP contribution in [0.4, 0.5) is 9.93 Å². The van der Waals surface area contributed by atoms with E-state index in [-0.39, 0.29) is 6.03 Å². The lowest BCUT2D eigenvalue weighted by Gasteiger charge is -2.34. The van der Waals surface area contributed by atoms with Crippen LogP contribution in [0.25, 0.3) is 0 Å². The number of thiazole rings is 1. The van der Waals surface area contributed by atoms with E-state index < -0.39 is 0 Å². The van der Waals surface area contributed by atoms with Crippen molar-refractivity contribution >= 4 is 57.8 Å². The summed E-state index contributed by atoms with van der Waals surface area (Å²) < 4.78 is 5.63. The van der Waals surface area contributed by atoms with E-state index in [1.165, 1.54) is 72.8 Å². The second-order valence-electron chi connectivity index (χ2n) is 8.47. The van der Waals surface area contributed by atoms with Gasteiger partial charge in [-0.05, 0) is 42.9 Å². The third-order valence-electron chi connectivity index (χ3n) is 5.75. The lowest BCUT2D eigenvalue weighted by Crippen LogP contribution is -2.48. The van der Waals surface area contributed by atoms with E-state index >= 15 is 0 Å². The largest absolute Gasteiger partial charge is 0.340 e. The first-order chi connectivity index (χ1) is 15.6. The van der Waals surface area contributed by atoms with Gasteiger partial charge in [-0.2, -0.15) is 35.3 Å². The fourth-order valence-electron chi connectivity index (χ4n) is 3.81. The molecule has 0 saturated carbocycles. The Labute approximate surface area is 211 Å². The molecule has 0 radical (unpaired) electrons. The molecule has 32 heavy (non-hydrogen) atoms. The summed E-state index contributed by atoms with van der Waals surface area (Å²) in [4.78, 5) is 22.7. The summed E-state index contributed by atoms with van der Waals surface area (Å²) >= 11 is 8.08. The number of ether oxygens (including phenoxy) is 1. The first-order valence-electron chi connectivity index (χ1n) is 12.1. The molecule has 1 aromatic heterocycles. The fraction of sp³-hybridized carbons (Fsp3) is 0.826. The number of aromatic nitrogens is 1. The number of amides is 2. The summed E-state index contributed by atoms with van der Waals surface area (Å²) in [5.74, 6) is 3.61. The van der Waals surface area contributed by atoms with Crippen LogP contribution in [0.1, 0.15) is 86.8 Å². The van der Waals surface area contributed by atoms with Gasteiger partial charge in [-0.1, -0.05) is 51.4 Å². The van der Waals surface area contributed by atoms with E-state index in [1.54, 1.807) is 28.2 Å². The first-order valence-corrected chi connectivity index (χ1v) is 16.0. The monoisotopic (exact) mass is 517 g/mol. The Hall–Kier alpha value is -0.0900. The molecule has 2 heterocycles. The highest BCUT2D eigenvalue weighted by Gasteiger charge is 2.40. The Balaban J connectivity index is 1.89. The van der Waals surface area contributed by atoms with Crippen molar-refractivity contribution in [2.75, 3.05) is 42.7 Å². The Bertz CT molecular complexity index is 717. The zero-order valence-corrected chi connectivity index (χ0v) is 23.3. The topological polar surface area (TPSA) is 45.7 Å². The number of anilines is 1. The van der Waals surface area contributed by atoms with E-state index in [4.69, 9.17) is 9.72 Å². The molecule has 9 heteroatoms. The van der Waals surface area contributed by atoms with Gasteiger partial charge in [0.15, 0.2) is 5.13 Å². The van der Waals surface area contributed by atoms with Crippen molar-refractivity contribution in [3.05, 3.63) is 10.6 Å². The van der Waals surface area contributed by atoms with Crippen LogP contribution in [0.5, 0.6) is 0 Å². The van der Waals surface area contributed by atoms with Gasteiger partial charge in [-0.3, -0.25) is 0 Å². The van der Waals surface area contributed by atoms with Gasteiger partial charge in [0.2, 0.25) is 0 Å². The van der Waals surface area contributed by atoms with Gasteiger partial charge in [0.25, 0.3) is 0 Å². The number of urea groups is 1. The molecule has 1 fully saturated rings. The van der Waals surface area contributed by atoms with Crippen molar-refractivity contribution in [1.29, 1.82) is 0 Å². The van der Waals surface area contributed by atoms with Crippen LogP contribution in [0.3, 0.4) is 0 Å². The molecule has 3 rings (SSSR count). The molecule has 0 spiro atoms. The molecule has 1 aromatic rings. The molecule has 182 valence electrons. The van der Waals surface area contributed by atoms with E-state index in [2.05, 4.69) is 56.1 Å². The highest BCUT2D eigenvalue weighted by Crippen LogP contribution is 2.55. The average Bonchev–Trinajstić information content (AvgIpc) is 3.23. The first kappa shape index (κ1) is 26.5. The number of rotatable bonds is 13. The molecule has 2 aliphatic rings. The maximum Gasteiger partial charge on any atom is 0.329 e. The van der Waals surface area contributed by atoms with Gasteiger partial charge >= 0.3 is 6.03 Å². The Morgan fingerprint density at radius 1 is 1.00 bits per heavy atom. The normalized spacial score (nSPS) is 23.6. The van der Waals surface area contributed by atoms with Crippen LogP contribution < -0.4 is 4.90 Å². The lowest BCUT2D eigenvalue weighted by molar-refractivity contribution is 0.0361. The number of unbranched alkanes of at least 4 members (excludes halogenated alkanes) is 3. The molecule has 1 aliphatic heterocycles. The number of hydrogen-bond donors (Lipinski definition) is 0. The van der Waals surface area contributed by atoms with Crippen molar-refractivity contribution < 1.29 is 9.53 Å². The summed E-state index contributed by atoms with van der Waals surface area (Å²) in [5.41, 5.74) is 1.25. The molecule has 5 nitrogen and oxygen atoms in total. The zero-order valence-electron chi connectivity index (χ0n) is 20.0. The second kappa shape index (κ2) is 13.7. The summed E-state index contributed by atoms with van der Waals surface area (Å²) in [5, 5.41) is 2.32. The highest BCUT2D eigenvalue weighted by atomic mass is 32.2. The quantitative estimate of drug-likeness (QED) is 0.254. The van der Waals surface area contributed by atoms with Gasteiger partial charge in [0.05, 0.1) is 10.9 Å². The Morgan fingerprint density at radius 2 is 1.66 bits per heavy atom. The smallest absolute Gasteiger partial charge is 0.329 e. The summed E-state index contributed by atoms with van der Waals surface area (Å²) in [7, 11) is 1.79. The van der Waals surface area contributed by atoms with Crippen LogP contribution >= 0.6 is 46.6 Å². The van der Waals surface area contributed by atoms with Gasteiger partial charge in [0, 0.05) is 22.4 Å². The van der Waals surface area contributed by atoms with Gasteiger partial charge in [0.1, 0.15) is 13.5 Å². The summed E-state index contributed by atoms with van der Waals surface area (Å²) in [6.07, 6.45) is 8.71. The molecular weight excluding hydrogens is 479 g/mol. The molecule has 3 unspecified atom stereocenters. The van der Waals surface area contributed by atoms with E-state index in [9.17, 15) is 4.79 Å². The van der Waals surface area contributed by atoms with Crippen LogP contribution in [-0.2, 0) is 4.74 Å². The van der Waals surface area contributed by atoms with E-state index in [1.807, 2.05) is 0 Å². The van der Waals surface area contributed by atoms with Gasteiger partial charge in [-0.15, -0.1) is 0 Å². The number of fused-ring (bicyclic) bond motifs is 1. The minimum atomic E-state index is -0.0124. The molecule has 0 aromatic carbocycles. The number of nitrogens with zero attached hydrogens (tertiary/aromatic N) is 3. The molecule has 1 saturated heterocycles. The van der Waals surface area contributed by atoms with Crippen molar-refractivity contribution in [3.8, 4) is 0 Å². The Morgan fingerprint density at radius 3 is 2.34 bits per heavy atom. The van der Waals surface area contributed by atoms with Gasteiger partial charge < -0.3 is 9.64 Å². The predicted molar refractivity (Wildman–Crippen MR) is 145 cm³/mol. The highest BCUT2D eigenvalue weighted by molar-refractivity contribution is 8.03. The SMILES string of the molecule is CCCCSC1CC(SCCCC)C(SCCCC)c2nc(N3COCN(C)C3=O)sc21. The molecule has 2 amide bonds. The number of carbonyl (C=O) groups is 1. The lowest BCUT2D eigenvalue weighted by atomic mass is 10.0. The standard InChI is InChI=1S/C23H39N3O2S4/c1-5-8-11-29-17-14-18(30-12-9-6-2)21-19(20(17)31-13-10-7-3)24-22(32-21)26-16-28-15-25(4)23(26)27/h17-18,20H,5-16H2,1-4H3. The van der Waals surface area contributed by atoms with Crippen molar-refractivity contribution in [1.82, 2.24) is 9.88 Å². The second-order valence-corrected chi connectivity index (χ2v) is 13.4. The average molecular weight is 518 g/mol. The molecular formula is C23H39N3O2S4. The molecule has 3 atom stereocenters. The molecule has 0 bridgehead atoms. The van der Waals surface area contributed by atoms with E-state index in [0.29, 0.717) is 29.2 Å². The third-order valence-corrected chi connectivity index (χ3v) is 11.5. The number of thioether (sulfide) groups is 3. The maximum absolute atomic E-state index is 12.8. The van der Waals surface area contributed by atoms with Crippen LogP contribution in [0.15, 0.2) is 0 Å². The minimum absolute atomic E-state index is 0.0124. The van der Waals surface area contributed by atoms with Crippen LogP contribution in [0, 0.1) is 0 Å². The minimum Gasteiger partial charge on any atom is -0.340 e. The van der Waals surface area contributed by atoms with Gasteiger partial charge in [-0.25, -0.2) is 14.7 Å². The number of carbonyl (C=O) groups excluding carboxylic acids is 1. The number of hydrogen-bond acceptors (Lipinski definition) is 7. The molecule has 1 aliphatic carbocycles. The summed E-state index contributed by atoms with van der Waals surface area (Å²) in [6.45, 7) is 7.45. The maximum atomic E-state index is 12.8. The summed E-state index contributed by atoms with van der Waals surface area (Å²) in [6, 6.07) is -0.0124. The van der Waals surface area contributed by atoms with Crippen molar-refractivity contribution in [2.24, 2.45) is 0 Å². The van der Waals surface area contributed by atoms with Crippen LogP contribution in [-0.4, -0.2) is 58.9 Å². The van der Waals surface area contributed by atoms with Crippen molar-refractivity contribution in [3.63, 3.8) is 0 Å². The zero-order chi connectivity index (χ0) is 22.9. The predicted octanol–water partition coefficient (Wildman–Crippen LogP) is 7.40.